The molecule has 0 aliphatic carbocycles. The molecule has 2 atom stereocenters. The van der Waals surface area contributed by atoms with Crippen LogP contribution in [0.25, 0.3) is 11.1 Å². The first kappa shape index (κ1) is 16.7. The van der Waals surface area contributed by atoms with Crippen LogP contribution in [-0.2, 0) is 9.84 Å². The topological polar surface area (TPSA) is 70.6 Å². The average molecular weight is 377 g/mol. The minimum absolute atomic E-state index is 0.0574. The third-order valence-corrected chi connectivity index (χ3v) is 7.37. The molecule has 8 heteroatoms. The Morgan fingerprint density at radius 3 is 2.76 bits per heavy atom. The fourth-order valence-corrected chi connectivity index (χ4v) is 6.32. The molecule has 2 aliphatic heterocycles. The van der Waals surface area contributed by atoms with E-state index in [0.29, 0.717) is 18.7 Å². The number of hydrogen-bond acceptors (Lipinski definition) is 6. The van der Waals surface area contributed by atoms with E-state index in [2.05, 4.69) is 9.27 Å². The van der Waals surface area contributed by atoms with E-state index in [-0.39, 0.29) is 29.5 Å². The number of rotatable bonds is 2. The van der Waals surface area contributed by atoms with Gasteiger partial charge in [-0.1, -0.05) is 12.1 Å². The molecule has 0 spiro atoms. The highest BCUT2D eigenvalue weighted by atomic mass is 32.2. The van der Waals surface area contributed by atoms with Crippen molar-refractivity contribution in [2.24, 2.45) is 0 Å². The van der Waals surface area contributed by atoms with Crippen LogP contribution in [0.1, 0.15) is 10.4 Å². The highest BCUT2D eigenvalue weighted by molar-refractivity contribution is 7.91. The Hall–Kier alpha value is -1.77. The minimum atomic E-state index is -3.10. The van der Waals surface area contributed by atoms with E-state index in [1.54, 1.807) is 17.2 Å². The summed E-state index contributed by atoms with van der Waals surface area (Å²) >= 11 is 1.37. The molecule has 2 aliphatic rings. The molecule has 132 valence electrons. The predicted molar refractivity (Wildman–Crippen MR) is 97.4 cm³/mol. The van der Waals surface area contributed by atoms with Crippen LogP contribution in [0.2, 0.25) is 0 Å². The van der Waals surface area contributed by atoms with Crippen LogP contribution in [-0.4, -0.2) is 72.2 Å². The van der Waals surface area contributed by atoms with Crippen molar-refractivity contribution >= 4 is 27.3 Å². The summed E-state index contributed by atoms with van der Waals surface area (Å²) in [5, 5.41) is 1.94. The maximum Gasteiger partial charge on any atom is 0.254 e. The Morgan fingerprint density at radius 2 is 2.00 bits per heavy atom. The van der Waals surface area contributed by atoms with Gasteiger partial charge in [0.15, 0.2) is 9.84 Å². The van der Waals surface area contributed by atoms with Crippen LogP contribution in [0.15, 0.2) is 35.8 Å². The van der Waals surface area contributed by atoms with Crippen molar-refractivity contribution in [3.05, 3.63) is 41.4 Å². The maximum atomic E-state index is 13.1. The second kappa shape index (κ2) is 6.19. The van der Waals surface area contributed by atoms with Crippen LogP contribution < -0.4 is 0 Å². The van der Waals surface area contributed by atoms with E-state index in [9.17, 15) is 13.2 Å². The summed E-state index contributed by atoms with van der Waals surface area (Å²) in [6.07, 6.45) is 1.78. The Balaban J connectivity index is 1.64. The Bertz CT molecular complexity index is 896. The van der Waals surface area contributed by atoms with Gasteiger partial charge in [-0.3, -0.25) is 9.69 Å². The van der Waals surface area contributed by atoms with Gasteiger partial charge in [0, 0.05) is 41.8 Å². The molecule has 0 radical (unpaired) electrons. The average Bonchev–Trinajstić information content (AvgIpc) is 3.22. The summed E-state index contributed by atoms with van der Waals surface area (Å²) < 4.78 is 28.3. The third kappa shape index (κ3) is 3.09. The molecular formula is C17H19N3O3S2. The summed E-state index contributed by atoms with van der Waals surface area (Å²) in [7, 11) is -1.16. The first-order valence-electron chi connectivity index (χ1n) is 8.16. The van der Waals surface area contributed by atoms with Gasteiger partial charge in [-0.05, 0) is 36.3 Å². The predicted octanol–water partition coefficient (Wildman–Crippen LogP) is 1.36. The zero-order chi connectivity index (χ0) is 17.6. The molecule has 4 rings (SSSR count). The van der Waals surface area contributed by atoms with E-state index in [4.69, 9.17) is 0 Å². The van der Waals surface area contributed by atoms with Crippen molar-refractivity contribution in [1.29, 1.82) is 0 Å². The lowest BCUT2D eigenvalue weighted by Crippen LogP contribution is -2.59. The largest absolute Gasteiger partial charge is 0.332 e. The molecule has 2 fully saturated rings. The van der Waals surface area contributed by atoms with E-state index in [0.717, 1.165) is 11.1 Å². The summed E-state index contributed by atoms with van der Waals surface area (Å²) in [5.74, 6) is 0.103. The number of carbonyl (C=O) groups excluding carboxylic acids is 1. The Morgan fingerprint density at radius 1 is 1.20 bits per heavy atom. The molecule has 6 nitrogen and oxygen atoms in total. The molecule has 1 aromatic carbocycles. The first-order valence-corrected chi connectivity index (χ1v) is 10.8. The van der Waals surface area contributed by atoms with Gasteiger partial charge in [-0.2, -0.15) is 0 Å². The molecule has 0 saturated carbocycles. The maximum absolute atomic E-state index is 13.1. The van der Waals surface area contributed by atoms with Crippen LogP contribution in [0.3, 0.4) is 0 Å². The lowest BCUT2D eigenvalue weighted by Gasteiger charge is -2.42. The van der Waals surface area contributed by atoms with E-state index >= 15 is 0 Å². The molecule has 2 aromatic rings. The molecule has 0 unspecified atom stereocenters. The molecular weight excluding hydrogens is 358 g/mol. The van der Waals surface area contributed by atoms with Gasteiger partial charge in [0.25, 0.3) is 5.91 Å². The number of nitrogens with zero attached hydrogens (tertiary/aromatic N) is 3. The highest BCUT2D eigenvalue weighted by Crippen LogP contribution is 2.28. The lowest BCUT2D eigenvalue weighted by molar-refractivity contribution is 0.0410. The van der Waals surface area contributed by atoms with Gasteiger partial charge >= 0.3 is 0 Å². The lowest BCUT2D eigenvalue weighted by atomic mass is 10.0. The summed E-state index contributed by atoms with van der Waals surface area (Å²) in [6.45, 7) is 1.24. The standard InChI is InChI=1S/C17H19N3O3S2/c1-19-5-6-20(16-11-25(22,23)10-15(16)19)17(21)13-4-2-3-12(7-13)14-8-18-24-9-14/h2-4,7-9,15-16H,5-6,10-11H2,1H3/t15-,16+/m1/s1. The van der Waals surface area contributed by atoms with E-state index in [1.165, 1.54) is 11.5 Å². The first-order chi connectivity index (χ1) is 11.9. The number of benzene rings is 1. The SMILES string of the molecule is CN1CCN(C(=O)c2cccc(-c3cnsc3)c2)[C@H]2CS(=O)(=O)C[C@H]21. The molecule has 1 amide bonds. The molecule has 25 heavy (non-hydrogen) atoms. The second-order valence-electron chi connectivity index (χ2n) is 6.68. The zero-order valence-electron chi connectivity index (χ0n) is 13.8. The smallest absolute Gasteiger partial charge is 0.254 e. The normalized spacial score (nSPS) is 25.7. The van der Waals surface area contributed by atoms with Crippen LogP contribution in [0.4, 0.5) is 0 Å². The van der Waals surface area contributed by atoms with Crippen molar-refractivity contribution in [3.8, 4) is 11.1 Å². The van der Waals surface area contributed by atoms with Crippen molar-refractivity contribution in [1.82, 2.24) is 14.2 Å². The second-order valence-corrected chi connectivity index (χ2v) is 9.50. The summed E-state index contributed by atoms with van der Waals surface area (Å²) in [6, 6.07) is 7.10. The zero-order valence-corrected chi connectivity index (χ0v) is 15.5. The third-order valence-electron chi connectivity index (χ3n) is 5.09. The number of hydrogen-bond donors (Lipinski definition) is 0. The molecule has 0 bridgehead atoms. The molecule has 0 N–H and O–H groups in total. The Labute approximate surface area is 151 Å². The minimum Gasteiger partial charge on any atom is -0.332 e. The highest BCUT2D eigenvalue weighted by Gasteiger charge is 2.47. The number of piperazine rings is 1. The fraction of sp³-hybridized carbons (Fsp3) is 0.412. The number of aromatic nitrogens is 1. The van der Waals surface area contributed by atoms with Gasteiger partial charge < -0.3 is 4.90 Å². The number of likely N-dealkylation sites (N-methyl/N-ethyl adjacent to an activating group) is 1. The number of amides is 1. The van der Waals surface area contributed by atoms with Gasteiger partial charge in [-0.15, -0.1) is 0 Å². The van der Waals surface area contributed by atoms with Crippen LogP contribution >= 0.6 is 11.5 Å². The molecule has 1 aromatic heterocycles. The van der Waals surface area contributed by atoms with Crippen molar-refractivity contribution in [2.75, 3.05) is 31.6 Å². The molecule has 3 heterocycles. The number of carbonyl (C=O) groups is 1. The summed E-state index contributed by atoms with van der Waals surface area (Å²) in [5.41, 5.74) is 2.53. The quantitative estimate of drug-likeness (QED) is 0.790. The Kier molecular flexibility index (Phi) is 4.13. The molecule has 2 saturated heterocycles. The van der Waals surface area contributed by atoms with Crippen molar-refractivity contribution in [2.45, 2.75) is 12.1 Å². The van der Waals surface area contributed by atoms with Crippen molar-refractivity contribution < 1.29 is 13.2 Å². The number of sulfone groups is 1. The van der Waals surface area contributed by atoms with Crippen molar-refractivity contribution in [3.63, 3.8) is 0 Å². The van der Waals surface area contributed by atoms with Crippen LogP contribution in [0.5, 0.6) is 0 Å². The van der Waals surface area contributed by atoms with Gasteiger partial charge in [0.05, 0.1) is 17.5 Å². The van der Waals surface area contributed by atoms with Gasteiger partial charge in [0.2, 0.25) is 0 Å². The van der Waals surface area contributed by atoms with Gasteiger partial charge in [-0.25, -0.2) is 12.8 Å². The fourth-order valence-electron chi connectivity index (χ4n) is 3.72. The summed E-state index contributed by atoms with van der Waals surface area (Å²) in [4.78, 5) is 16.9. The monoisotopic (exact) mass is 377 g/mol. The van der Waals surface area contributed by atoms with Gasteiger partial charge in [0.1, 0.15) is 0 Å². The van der Waals surface area contributed by atoms with E-state index < -0.39 is 9.84 Å². The number of fused-ring (bicyclic) bond motifs is 1. The van der Waals surface area contributed by atoms with E-state index in [1.807, 2.05) is 30.6 Å². The van der Waals surface area contributed by atoms with Crippen LogP contribution in [0, 0.1) is 0 Å².